The van der Waals surface area contributed by atoms with E-state index < -0.39 is 10.0 Å². The van der Waals surface area contributed by atoms with E-state index in [1.54, 1.807) is 44.6 Å². The fraction of sp³-hybridized carbons (Fsp3) is 0.333. The molecule has 0 bridgehead atoms. The summed E-state index contributed by atoms with van der Waals surface area (Å²) in [5.74, 6) is 1.75. The number of ether oxygens (including phenoxy) is 3. The van der Waals surface area contributed by atoms with E-state index in [4.69, 9.17) is 14.2 Å². The van der Waals surface area contributed by atoms with Gasteiger partial charge in [-0.05, 0) is 24.1 Å². The quantitative estimate of drug-likeness (QED) is 0.692. The van der Waals surface area contributed by atoms with Crippen LogP contribution in [0.2, 0.25) is 0 Å². The lowest BCUT2D eigenvalue weighted by Crippen LogP contribution is -2.28. The Morgan fingerprint density at radius 2 is 1.48 bits per heavy atom. The van der Waals surface area contributed by atoms with Gasteiger partial charge in [0.2, 0.25) is 10.0 Å². The zero-order chi connectivity index (χ0) is 18.3. The summed E-state index contributed by atoms with van der Waals surface area (Å²) >= 11 is 0. The van der Waals surface area contributed by atoms with Crippen molar-refractivity contribution in [1.29, 1.82) is 0 Å². The van der Waals surface area contributed by atoms with Crippen molar-refractivity contribution in [3.63, 3.8) is 0 Å². The molecule has 0 aromatic heterocycles. The molecule has 0 fully saturated rings. The van der Waals surface area contributed by atoms with Gasteiger partial charge in [0.1, 0.15) is 23.9 Å². The minimum atomic E-state index is -3.54. The Kier molecular flexibility index (Phi) is 6.66. The van der Waals surface area contributed by atoms with Gasteiger partial charge in [0, 0.05) is 24.7 Å². The van der Waals surface area contributed by atoms with Gasteiger partial charge in [0.25, 0.3) is 0 Å². The molecule has 0 atom stereocenters. The first-order valence-corrected chi connectivity index (χ1v) is 9.41. The van der Waals surface area contributed by atoms with Crippen LogP contribution in [0, 0.1) is 0 Å². The average Bonchev–Trinajstić information content (AvgIpc) is 2.65. The smallest absolute Gasteiger partial charge is 0.240 e. The molecule has 0 aliphatic rings. The molecular formula is C18H23NO5S. The molecule has 0 amide bonds. The number of sulfonamides is 1. The largest absolute Gasteiger partial charge is 0.496 e. The zero-order valence-electron chi connectivity index (χ0n) is 14.6. The topological polar surface area (TPSA) is 73.9 Å². The van der Waals surface area contributed by atoms with Crippen LogP contribution in [0.1, 0.15) is 12.5 Å². The number of hydrogen-bond acceptors (Lipinski definition) is 5. The molecule has 1 N–H and O–H groups in total. The van der Waals surface area contributed by atoms with Crippen LogP contribution in [-0.4, -0.2) is 35.8 Å². The number of nitrogens with one attached hydrogen (secondary N) is 1. The molecule has 136 valence electrons. The van der Waals surface area contributed by atoms with Crippen molar-refractivity contribution in [3.8, 4) is 17.2 Å². The first kappa shape index (κ1) is 19.1. The van der Waals surface area contributed by atoms with Gasteiger partial charge in [-0.25, -0.2) is 13.1 Å². The summed E-state index contributed by atoms with van der Waals surface area (Å²) in [6.45, 7) is 2.35. The second-order valence-corrected chi connectivity index (χ2v) is 7.06. The second kappa shape index (κ2) is 8.73. The van der Waals surface area contributed by atoms with Crippen LogP contribution in [0.4, 0.5) is 0 Å². The lowest BCUT2D eigenvalue weighted by atomic mass is 10.2. The van der Waals surface area contributed by atoms with Gasteiger partial charge in [-0.2, -0.15) is 0 Å². The summed E-state index contributed by atoms with van der Waals surface area (Å²) in [6, 6.07) is 12.0. The third-order valence-corrected chi connectivity index (χ3v) is 5.11. The Morgan fingerprint density at radius 3 is 2.00 bits per heavy atom. The monoisotopic (exact) mass is 365 g/mol. The van der Waals surface area contributed by atoms with Gasteiger partial charge in [-0.1, -0.05) is 19.1 Å². The summed E-state index contributed by atoms with van der Waals surface area (Å²) in [5, 5.41) is 0. The van der Waals surface area contributed by atoms with Gasteiger partial charge >= 0.3 is 0 Å². The van der Waals surface area contributed by atoms with Crippen molar-refractivity contribution in [3.05, 3.63) is 48.0 Å². The molecule has 6 nitrogen and oxygen atoms in total. The lowest BCUT2D eigenvalue weighted by molar-refractivity contribution is 0.316. The van der Waals surface area contributed by atoms with Crippen molar-refractivity contribution in [2.75, 3.05) is 27.4 Å². The maximum absolute atomic E-state index is 12.2. The number of aryl methyl sites for hydroxylation is 1. The van der Waals surface area contributed by atoms with E-state index in [1.165, 1.54) is 0 Å². The summed E-state index contributed by atoms with van der Waals surface area (Å²) in [5.41, 5.74) is 1.09. The first-order chi connectivity index (χ1) is 12.0. The number of methoxy groups -OCH3 is 2. The van der Waals surface area contributed by atoms with Crippen molar-refractivity contribution in [1.82, 2.24) is 4.72 Å². The van der Waals surface area contributed by atoms with E-state index in [1.807, 2.05) is 19.1 Å². The predicted molar refractivity (Wildman–Crippen MR) is 96.0 cm³/mol. The number of benzene rings is 2. The van der Waals surface area contributed by atoms with E-state index >= 15 is 0 Å². The lowest BCUT2D eigenvalue weighted by Gasteiger charge is -2.11. The van der Waals surface area contributed by atoms with E-state index in [2.05, 4.69) is 4.72 Å². The van der Waals surface area contributed by atoms with Crippen LogP contribution in [0.3, 0.4) is 0 Å². The molecule has 2 rings (SSSR count). The highest BCUT2D eigenvalue weighted by Crippen LogP contribution is 2.27. The minimum absolute atomic E-state index is 0.150. The van der Waals surface area contributed by atoms with Crippen LogP contribution in [0.15, 0.2) is 47.4 Å². The van der Waals surface area contributed by atoms with Crippen LogP contribution >= 0.6 is 0 Å². The van der Waals surface area contributed by atoms with Crippen LogP contribution < -0.4 is 18.9 Å². The summed E-state index contributed by atoms with van der Waals surface area (Å²) in [6.07, 6.45) is 0.867. The molecular weight excluding hydrogens is 342 g/mol. The normalized spacial score (nSPS) is 11.2. The molecule has 0 aliphatic carbocycles. The molecule has 2 aromatic rings. The van der Waals surface area contributed by atoms with E-state index in [0.717, 1.165) is 12.0 Å². The van der Waals surface area contributed by atoms with Crippen molar-refractivity contribution < 1.29 is 22.6 Å². The highest BCUT2D eigenvalue weighted by Gasteiger charge is 2.13. The molecule has 2 aromatic carbocycles. The maximum atomic E-state index is 12.2. The molecule has 0 saturated carbocycles. The van der Waals surface area contributed by atoms with Gasteiger partial charge in [0.05, 0.1) is 19.1 Å². The third-order valence-electron chi connectivity index (χ3n) is 3.63. The minimum Gasteiger partial charge on any atom is -0.496 e. The fourth-order valence-corrected chi connectivity index (χ4v) is 3.21. The van der Waals surface area contributed by atoms with E-state index in [0.29, 0.717) is 17.2 Å². The molecule has 0 radical (unpaired) electrons. The van der Waals surface area contributed by atoms with Crippen molar-refractivity contribution in [2.24, 2.45) is 0 Å². The first-order valence-electron chi connectivity index (χ1n) is 7.93. The number of rotatable bonds is 9. The van der Waals surface area contributed by atoms with Gasteiger partial charge in [-0.15, -0.1) is 0 Å². The molecule has 25 heavy (non-hydrogen) atoms. The zero-order valence-corrected chi connectivity index (χ0v) is 15.4. The third kappa shape index (κ3) is 5.37. The summed E-state index contributed by atoms with van der Waals surface area (Å²) in [4.78, 5) is 0.243. The van der Waals surface area contributed by atoms with Crippen LogP contribution in [0.25, 0.3) is 0 Å². The van der Waals surface area contributed by atoms with Gasteiger partial charge in [-0.3, -0.25) is 0 Å². The Hall–Kier alpha value is -2.25. The van der Waals surface area contributed by atoms with Crippen molar-refractivity contribution >= 4 is 10.0 Å². The van der Waals surface area contributed by atoms with Crippen molar-refractivity contribution in [2.45, 2.75) is 18.2 Å². The van der Waals surface area contributed by atoms with E-state index in [9.17, 15) is 8.42 Å². The van der Waals surface area contributed by atoms with Gasteiger partial charge < -0.3 is 14.2 Å². The molecule has 0 aliphatic heterocycles. The Morgan fingerprint density at radius 1 is 0.920 bits per heavy atom. The molecule has 7 heteroatoms. The Bertz CT molecular complexity index is 765. The Balaban J connectivity index is 1.91. The highest BCUT2D eigenvalue weighted by atomic mass is 32.2. The van der Waals surface area contributed by atoms with Gasteiger partial charge in [0.15, 0.2) is 0 Å². The fourth-order valence-electron chi connectivity index (χ4n) is 2.20. The SMILES string of the molecule is CCc1ccc(S(=O)(=O)NCCOc2cc(OC)cc(OC)c2)cc1. The van der Waals surface area contributed by atoms with Crippen LogP contribution in [-0.2, 0) is 16.4 Å². The molecule has 0 heterocycles. The van der Waals surface area contributed by atoms with E-state index in [-0.39, 0.29) is 18.0 Å². The highest BCUT2D eigenvalue weighted by molar-refractivity contribution is 7.89. The van der Waals surface area contributed by atoms with Crippen LogP contribution in [0.5, 0.6) is 17.2 Å². The molecule has 0 unspecified atom stereocenters. The summed E-state index contributed by atoms with van der Waals surface area (Å²) < 4.78 is 42.9. The molecule has 0 saturated heterocycles. The standard InChI is InChI=1S/C18H23NO5S/c1-4-14-5-7-18(8-6-14)25(20,21)19-9-10-24-17-12-15(22-2)11-16(13-17)23-3/h5-8,11-13,19H,4,9-10H2,1-3H3. The Labute approximate surface area is 148 Å². The second-order valence-electron chi connectivity index (χ2n) is 5.29. The molecule has 0 spiro atoms. The number of hydrogen-bond donors (Lipinski definition) is 1. The average molecular weight is 365 g/mol. The summed E-state index contributed by atoms with van der Waals surface area (Å²) in [7, 11) is -0.441. The maximum Gasteiger partial charge on any atom is 0.240 e. The predicted octanol–water partition coefficient (Wildman–Crippen LogP) is 2.62.